The van der Waals surface area contributed by atoms with Crippen molar-refractivity contribution in [1.82, 2.24) is 4.90 Å². The van der Waals surface area contributed by atoms with Gasteiger partial charge in [0, 0.05) is 24.6 Å². The van der Waals surface area contributed by atoms with Crippen LogP contribution in [0.2, 0.25) is 0 Å². The van der Waals surface area contributed by atoms with E-state index in [-0.39, 0.29) is 11.3 Å². The Bertz CT molecular complexity index is 935. The van der Waals surface area contributed by atoms with Crippen LogP contribution in [0.3, 0.4) is 0 Å². The highest BCUT2D eigenvalue weighted by Gasteiger charge is 2.56. The highest BCUT2D eigenvalue weighted by molar-refractivity contribution is 5.80. The average molecular weight is 432 g/mol. The SMILES string of the molecule is CN1C(=O)CC[C@]2(C)C3=CCC(c4ccc(C(C)(C)C)cc4)C(C(F)(F)F)C3CC=C12. The lowest BCUT2D eigenvalue weighted by Gasteiger charge is -2.52. The molecule has 5 heteroatoms. The first-order valence-corrected chi connectivity index (χ1v) is 11.2. The fourth-order valence-corrected chi connectivity index (χ4v) is 6.01. The zero-order valence-electron chi connectivity index (χ0n) is 19.0. The van der Waals surface area contributed by atoms with Crippen LogP contribution in [0, 0.1) is 17.3 Å². The summed E-state index contributed by atoms with van der Waals surface area (Å²) in [6, 6.07) is 7.73. The maximum Gasteiger partial charge on any atom is 0.392 e. The van der Waals surface area contributed by atoms with Crippen LogP contribution < -0.4 is 0 Å². The van der Waals surface area contributed by atoms with Gasteiger partial charge in [0.2, 0.25) is 5.91 Å². The Hall–Kier alpha value is -2.04. The molecule has 1 amide bonds. The molecule has 2 nitrogen and oxygen atoms in total. The fraction of sp³-hybridized carbons (Fsp3) is 0.577. The predicted octanol–water partition coefficient (Wildman–Crippen LogP) is 6.74. The molecule has 1 aliphatic heterocycles. The molecule has 1 aromatic carbocycles. The van der Waals surface area contributed by atoms with Crippen LogP contribution in [0.1, 0.15) is 70.4 Å². The average Bonchev–Trinajstić information content (AvgIpc) is 2.69. The number of amides is 1. The summed E-state index contributed by atoms with van der Waals surface area (Å²) in [5.74, 6) is -2.52. The van der Waals surface area contributed by atoms with Gasteiger partial charge in [0.25, 0.3) is 0 Å². The minimum atomic E-state index is -4.28. The van der Waals surface area contributed by atoms with Crippen molar-refractivity contribution < 1.29 is 18.0 Å². The van der Waals surface area contributed by atoms with E-state index in [0.29, 0.717) is 25.7 Å². The van der Waals surface area contributed by atoms with E-state index >= 15 is 0 Å². The van der Waals surface area contributed by atoms with Gasteiger partial charge in [-0.1, -0.05) is 69.7 Å². The fourth-order valence-electron chi connectivity index (χ4n) is 6.01. The number of rotatable bonds is 1. The van der Waals surface area contributed by atoms with E-state index in [4.69, 9.17) is 0 Å². The molecule has 3 aliphatic rings. The van der Waals surface area contributed by atoms with E-state index in [1.807, 2.05) is 37.3 Å². The van der Waals surface area contributed by atoms with Crippen molar-refractivity contribution in [3.05, 3.63) is 58.8 Å². The van der Waals surface area contributed by atoms with Crippen LogP contribution in [-0.4, -0.2) is 24.0 Å². The van der Waals surface area contributed by atoms with Gasteiger partial charge in [0.05, 0.1) is 5.92 Å². The Kier molecular flexibility index (Phi) is 5.18. The highest BCUT2D eigenvalue weighted by atomic mass is 19.4. The number of hydrogen-bond donors (Lipinski definition) is 0. The summed E-state index contributed by atoms with van der Waals surface area (Å²) < 4.78 is 43.5. The van der Waals surface area contributed by atoms with Crippen LogP contribution in [0.4, 0.5) is 13.2 Å². The van der Waals surface area contributed by atoms with Crippen molar-refractivity contribution in [2.45, 2.75) is 70.9 Å². The summed E-state index contributed by atoms with van der Waals surface area (Å²) in [5, 5.41) is 0. The van der Waals surface area contributed by atoms with Crippen LogP contribution in [0.25, 0.3) is 0 Å². The van der Waals surface area contributed by atoms with Crippen LogP contribution in [0.15, 0.2) is 47.7 Å². The van der Waals surface area contributed by atoms with Crippen LogP contribution in [0.5, 0.6) is 0 Å². The van der Waals surface area contributed by atoms with E-state index < -0.39 is 29.3 Å². The number of alkyl halides is 3. The minimum Gasteiger partial charge on any atom is -0.319 e. The number of benzene rings is 1. The zero-order chi connectivity index (χ0) is 22.8. The molecule has 1 fully saturated rings. The molecular formula is C26H32F3NO. The summed E-state index contributed by atoms with van der Waals surface area (Å²) in [7, 11) is 1.75. The number of nitrogens with zero attached hydrogens (tertiary/aromatic N) is 1. The van der Waals surface area contributed by atoms with E-state index in [0.717, 1.165) is 22.4 Å². The summed E-state index contributed by atoms with van der Waals surface area (Å²) in [4.78, 5) is 13.8. The Labute approximate surface area is 183 Å². The number of likely N-dealkylation sites (tertiary alicyclic amines) is 1. The normalized spacial score (nSPS) is 31.5. The topological polar surface area (TPSA) is 20.3 Å². The molecule has 0 radical (unpaired) electrons. The van der Waals surface area contributed by atoms with E-state index in [9.17, 15) is 18.0 Å². The molecule has 1 heterocycles. The van der Waals surface area contributed by atoms with Crippen molar-refractivity contribution in [3.63, 3.8) is 0 Å². The molecule has 0 N–H and O–H groups in total. The van der Waals surface area contributed by atoms with Crippen molar-refractivity contribution in [2.75, 3.05) is 7.05 Å². The maximum absolute atomic E-state index is 14.5. The Balaban J connectivity index is 1.74. The quantitative estimate of drug-likeness (QED) is 0.451. The number of fused-ring (bicyclic) bond motifs is 3. The smallest absolute Gasteiger partial charge is 0.319 e. The summed E-state index contributed by atoms with van der Waals surface area (Å²) >= 11 is 0. The number of carbonyl (C=O) groups is 1. The molecule has 0 bridgehead atoms. The molecule has 4 rings (SSSR count). The van der Waals surface area contributed by atoms with Crippen molar-refractivity contribution in [1.29, 1.82) is 0 Å². The first-order chi connectivity index (χ1) is 14.3. The molecule has 0 spiro atoms. The lowest BCUT2D eigenvalue weighted by molar-refractivity contribution is -0.195. The van der Waals surface area contributed by atoms with Gasteiger partial charge in [-0.3, -0.25) is 4.79 Å². The lowest BCUT2D eigenvalue weighted by atomic mass is 9.56. The van der Waals surface area contributed by atoms with Gasteiger partial charge in [0.1, 0.15) is 0 Å². The third-order valence-electron chi connectivity index (χ3n) is 7.78. The molecule has 0 saturated carbocycles. The predicted molar refractivity (Wildman–Crippen MR) is 116 cm³/mol. The first-order valence-electron chi connectivity index (χ1n) is 11.2. The third kappa shape index (κ3) is 3.64. The van der Waals surface area contributed by atoms with Crippen molar-refractivity contribution in [3.8, 4) is 0 Å². The largest absolute Gasteiger partial charge is 0.392 e. The summed E-state index contributed by atoms with van der Waals surface area (Å²) in [6.45, 7) is 8.34. The van der Waals surface area contributed by atoms with Crippen LogP contribution >= 0.6 is 0 Å². The number of hydrogen-bond acceptors (Lipinski definition) is 1. The van der Waals surface area contributed by atoms with E-state index in [2.05, 4.69) is 26.8 Å². The van der Waals surface area contributed by atoms with Gasteiger partial charge in [-0.25, -0.2) is 0 Å². The number of carbonyl (C=O) groups excluding carboxylic acids is 1. The molecular weight excluding hydrogens is 399 g/mol. The monoisotopic (exact) mass is 431 g/mol. The van der Waals surface area contributed by atoms with Gasteiger partial charge in [-0.15, -0.1) is 0 Å². The van der Waals surface area contributed by atoms with E-state index in [1.165, 1.54) is 0 Å². The molecule has 168 valence electrons. The molecule has 1 saturated heterocycles. The third-order valence-corrected chi connectivity index (χ3v) is 7.78. The Morgan fingerprint density at radius 2 is 1.61 bits per heavy atom. The van der Waals surface area contributed by atoms with Gasteiger partial charge in [0.15, 0.2) is 0 Å². The van der Waals surface area contributed by atoms with Gasteiger partial charge in [-0.05, 0) is 47.6 Å². The lowest BCUT2D eigenvalue weighted by Crippen LogP contribution is -2.49. The second-order valence-electron chi connectivity index (χ2n) is 10.7. The van der Waals surface area contributed by atoms with Gasteiger partial charge >= 0.3 is 6.18 Å². The minimum absolute atomic E-state index is 0.0365. The standard InChI is InChI=1S/C26H32F3NO/c1-24(2,3)17-8-6-16(7-9-17)18-10-12-20-19(23(18)26(27,28)29)11-13-21-25(20,4)15-14-22(31)30(21)5/h6-9,12-13,18-19,23H,10-11,14-15H2,1-5H3/t18?,19?,23?,25-/m1/s1. The molecule has 31 heavy (non-hydrogen) atoms. The Morgan fingerprint density at radius 3 is 2.19 bits per heavy atom. The molecule has 4 atom stereocenters. The maximum atomic E-state index is 14.5. The highest BCUT2D eigenvalue weighted by Crippen LogP contribution is 2.60. The van der Waals surface area contributed by atoms with Crippen LogP contribution in [-0.2, 0) is 10.2 Å². The van der Waals surface area contributed by atoms with Crippen molar-refractivity contribution in [2.24, 2.45) is 17.3 Å². The zero-order valence-corrected chi connectivity index (χ0v) is 19.0. The second-order valence-corrected chi connectivity index (χ2v) is 10.7. The number of piperidine rings is 1. The summed E-state index contributed by atoms with van der Waals surface area (Å²) in [6.07, 6.45) is 1.34. The van der Waals surface area contributed by atoms with E-state index in [1.54, 1.807) is 11.9 Å². The van der Waals surface area contributed by atoms with Gasteiger partial charge in [-0.2, -0.15) is 13.2 Å². The first kappa shape index (κ1) is 22.2. The molecule has 1 aromatic rings. The number of allylic oxidation sites excluding steroid dienone is 3. The molecule has 0 aromatic heterocycles. The second kappa shape index (κ2) is 7.25. The molecule has 2 aliphatic carbocycles. The molecule has 3 unspecified atom stereocenters. The number of halogens is 3. The van der Waals surface area contributed by atoms with Gasteiger partial charge < -0.3 is 4.90 Å². The Morgan fingerprint density at radius 1 is 1.00 bits per heavy atom. The van der Waals surface area contributed by atoms with Crippen molar-refractivity contribution >= 4 is 5.91 Å². The summed E-state index contributed by atoms with van der Waals surface area (Å²) in [5.41, 5.74) is 3.12.